The van der Waals surface area contributed by atoms with Gasteiger partial charge in [-0.15, -0.1) is 0 Å². The Bertz CT molecular complexity index is 325. The van der Waals surface area contributed by atoms with Crippen LogP contribution in [0.1, 0.15) is 32.5 Å². The number of aliphatic carboxylic acids is 1. The van der Waals surface area contributed by atoms with Gasteiger partial charge < -0.3 is 9.63 Å². The van der Waals surface area contributed by atoms with E-state index >= 15 is 0 Å². The van der Waals surface area contributed by atoms with Gasteiger partial charge in [0.25, 0.3) is 0 Å². The van der Waals surface area contributed by atoms with E-state index in [-0.39, 0.29) is 17.7 Å². The highest BCUT2D eigenvalue weighted by atomic mass is 16.5. The Morgan fingerprint density at radius 1 is 1.50 bits per heavy atom. The Morgan fingerprint density at radius 3 is 2.64 bits per heavy atom. The summed E-state index contributed by atoms with van der Waals surface area (Å²) in [6.07, 6.45) is 0.466. The quantitative estimate of drug-likeness (QED) is 0.791. The van der Waals surface area contributed by atoms with Crippen molar-refractivity contribution in [3.8, 4) is 0 Å². The van der Waals surface area contributed by atoms with E-state index in [2.05, 4.69) is 30.9 Å². The van der Waals surface area contributed by atoms with Gasteiger partial charge in [-0.3, -0.25) is 4.79 Å². The van der Waals surface area contributed by atoms with Crippen LogP contribution in [0.5, 0.6) is 0 Å². The van der Waals surface area contributed by atoms with E-state index in [0.717, 1.165) is 0 Å². The molecule has 1 aromatic rings. The fraction of sp³-hybridized carbons (Fsp3) is 0.667. The first kappa shape index (κ1) is 10.7. The molecule has 0 radical (unpaired) electrons. The molecule has 0 saturated carbocycles. The molecule has 0 aliphatic carbocycles. The maximum Gasteiger partial charge on any atom is 0.312 e. The largest absolute Gasteiger partial charge is 0.481 e. The molecule has 1 heterocycles. The summed E-state index contributed by atoms with van der Waals surface area (Å²) in [5.41, 5.74) is 0.0738. The normalized spacial score (nSPS) is 11.6. The molecule has 1 N–H and O–H groups in total. The summed E-state index contributed by atoms with van der Waals surface area (Å²) in [6, 6.07) is 0. The molecule has 1 rings (SSSR count). The molecule has 0 aromatic carbocycles. The number of carbonyl (C=O) groups is 1. The monoisotopic (exact) mass is 198 g/mol. The summed E-state index contributed by atoms with van der Waals surface area (Å²) in [5, 5.41) is 12.2. The molecule has 0 aliphatic heterocycles. The first-order valence-electron chi connectivity index (χ1n) is 4.40. The van der Waals surface area contributed by atoms with Gasteiger partial charge >= 0.3 is 5.97 Å². The Hall–Kier alpha value is -1.39. The van der Waals surface area contributed by atoms with Gasteiger partial charge in [0.1, 0.15) is 6.42 Å². The van der Waals surface area contributed by atoms with Crippen LogP contribution >= 0.6 is 0 Å². The lowest BCUT2D eigenvalue weighted by atomic mass is 9.92. The Morgan fingerprint density at radius 2 is 2.14 bits per heavy atom. The number of aromatic nitrogens is 2. The zero-order valence-corrected chi connectivity index (χ0v) is 8.57. The molecule has 0 amide bonds. The second-order valence-corrected chi connectivity index (χ2v) is 4.41. The van der Waals surface area contributed by atoms with Gasteiger partial charge in [-0.1, -0.05) is 25.9 Å². The number of hydrogen-bond acceptors (Lipinski definition) is 4. The molecule has 0 saturated heterocycles. The van der Waals surface area contributed by atoms with Gasteiger partial charge in [0.15, 0.2) is 5.82 Å². The number of rotatable bonds is 3. The van der Waals surface area contributed by atoms with E-state index in [1.54, 1.807) is 0 Å². The van der Waals surface area contributed by atoms with Crippen LogP contribution in [0, 0.1) is 5.41 Å². The Kier molecular flexibility index (Phi) is 2.88. The van der Waals surface area contributed by atoms with Gasteiger partial charge in [-0.25, -0.2) is 0 Å². The van der Waals surface area contributed by atoms with Crippen LogP contribution in [0.25, 0.3) is 0 Å². The highest BCUT2D eigenvalue weighted by molar-refractivity contribution is 5.68. The smallest absolute Gasteiger partial charge is 0.312 e. The van der Waals surface area contributed by atoms with Gasteiger partial charge in [0, 0.05) is 6.42 Å². The predicted molar refractivity (Wildman–Crippen MR) is 48.8 cm³/mol. The molecule has 78 valence electrons. The molecule has 5 nitrogen and oxygen atoms in total. The van der Waals surface area contributed by atoms with Crippen molar-refractivity contribution < 1.29 is 14.4 Å². The van der Waals surface area contributed by atoms with E-state index in [4.69, 9.17) is 9.63 Å². The number of hydrogen-bond donors (Lipinski definition) is 1. The highest BCUT2D eigenvalue weighted by Gasteiger charge is 2.16. The molecule has 14 heavy (non-hydrogen) atoms. The highest BCUT2D eigenvalue weighted by Crippen LogP contribution is 2.18. The Balaban J connectivity index is 2.64. The van der Waals surface area contributed by atoms with Gasteiger partial charge in [-0.05, 0) is 5.41 Å². The molecule has 0 fully saturated rings. The summed E-state index contributed by atoms with van der Waals surface area (Å²) in [4.78, 5) is 14.3. The number of carboxylic acids is 1. The lowest BCUT2D eigenvalue weighted by molar-refractivity contribution is -0.136. The van der Waals surface area contributed by atoms with Crippen molar-refractivity contribution in [2.75, 3.05) is 0 Å². The summed E-state index contributed by atoms with van der Waals surface area (Å²) in [6.45, 7) is 6.17. The van der Waals surface area contributed by atoms with Crippen LogP contribution in [0.4, 0.5) is 0 Å². The van der Waals surface area contributed by atoms with E-state index in [9.17, 15) is 4.79 Å². The third-order valence-corrected chi connectivity index (χ3v) is 1.50. The topological polar surface area (TPSA) is 76.2 Å². The van der Waals surface area contributed by atoms with Crippen molar-refractivity contribution in [2.24, 2.45) is 5.41 Å². The second-order valence-electron chi connectivity index (χ2n) is 4.41. The van der Waals surface area contributed by atoms with Crippen molar-refractivity contribution in [1.82, 2.24) is 10.1 Å². The average molecular weight is 198 g/mol. The van der Waals surface area contributed by atoms with Crippen LogP contribution in [-0.2, 0) is 17.6 Å². The molecule has 0 aliphatic rings. The minimum Gasteiger partial charge on any atom is -0.481 e. The lowest BCUT2D eigenvalue weighted by Crippen LogP contribution is -2.10. The minimum absolute atomic E-state index is 0.0738. The van der Waals surface area contributed by atoms with Crippen LogP contribution < -0.4 is 0 Å². The molecule has 0 atom stereocenters. The van der Waals surface area contributed by atoms with Gasteiger partial charge in [0.2, 0.25) is 5.89 Å². The number of nitrogens with zero attached hydrogens (tertiary/aromatic N) is 2. The summed E-state index contributed by atoms with van der Waals surface area (Å²) >= 11 is 0. The third kappa shape index (κ3) is 3.55. The van der Waals surface area contributed by atoms with Crippen LogP contribution in [-0.4, -0.2) is 21.2 Å². The number of carboxylic acid groups (broad SMARTS) is 1. The van der Waals surface area contributed by atoms with E-state index < -0.39 is 5.97 Å². The van der Waals surface area contributed by atoms with Crippen molar-refractivity contribution in [1.29, 1.82) is 0 Å². The van der Waals surface area contributed by atoms with Crippen molar-refractivity contribution in [3.05, 3.63) is 11.7 Å². The van der Waals surface area contributed by atoms with Crippen molar-refractivity contribution in [3.63, 3.8) is 0 Å². The van der Waals surface area contributed by atoms with E-state index in [1.807, 2.05) is 0 Å². The first-order valence-corrected chi connectivity index (χ1v) is 4.40. The van der Waals surface area contributed by atoms with E-state index in [1.165, 1.54) is 0 Å². The standard InChI is InChI=1S/C9H14N2O3/c1-9(2,3)5-6-10-7(14-11-6)4-8(12)13/h4-5H2,1-3H3,(H,12,13). The molecule has 5 heteroatoms. The van der Waals surface area contributed by atoms with Crippen molar-refractivity contribution in [2.45, 2.75) is 33.6 Å². The molecular weight excluding hydrogens is 184 g/mol. The zero-order valence-electron chi connectivity index (χ0n) is 8.57. The Labute approximate surface area is 82.1 Å². The molecule has 0 bridgehead atoms. The summed E-state index contributed by atoms with van der Waals surface area (Å²) in [5.74, 6) is -0.235. The maximum absolute atomic E-state index is 10.3. The van der Waals surface area contributed by atoms with Crippen LogP contribution in [0.15, 0.2) is 4.52 Å². The molecule has 0 spiro atoms. The second kappa shape index (κ2) is 3.77. The molecule has 0 unspecified atom stereocenters. The summed E-state index contributed by atoms with van der Waals surface area (Å²) in [7, 11) is 0. The third-order valence-electron chi connectivity index (χ3n) is 1.50. The van der Waals surface area contributed by atoms with E-state index in [0.29, 0.717) is 12.2 Å². The molecule has 1 aromatic heterocycles. The van der Waals surface area contributed by atoms with Gasteiger partial charge in [0.05, 0.1) is 0 Å². The summed E-state index contributed by atoms with van der Waals surface area (Å²) < 4.78 is 4.78. The molecular formula is C9H14N2O3. The fourth-order valence-corrected chi connectivity index (χ4v) is 1.04. The van der Waals surface area contributed by atoms with Crippen molar-refractivity contribution >= 4 is 5.97 Å². The average Bonchev–Trinajstić information content (AvgIpc) is 2.30. The lowest BCUT2D eigenvalue weighted by Gasteiger charge is -2.14. The minimum atomic E-state index is -0.962. The SMILES string of the molecule is CC(C)(C)Cc1noc(CC(=O)O)n1. The first-order chi connectivity index (χ1) is 6.37. The van der Waals surface area contributed by atoms with Gasteiger partial charge in [-0.2, -0.15) is 4.98 Å². The van der Waals surface area contributed by atoms with Crippen LogP contribution in [0.3, 0.4) is 0 Å². The predicted octanol–water partition coefficient (Wildman–Crippen LogP) is 1.29. The fourth-order valence-electron chi connectivity index (χ4n) is 1.04. The van der Waals surface area contributed by atoms with Crippen LogP contribution in [0.2, 0.25) is 0 Å². The maximum atomic E-state index is 10.3. The zero-order chi connectivity index (χ0) is 10.8.